The second-order valence-corrected chi connectivity index (χ2v) is 9.27. The highest BCUT2D eigenvalue weighted by molar-refractivity contribution is 5.92. The predicted molar refractivity (Wildman–Crippen MR) is 142 cm³/mol. The summed E-state index contributed by atoms with van der Waals surface area (Å²) in [4.78, 5) is 30.7. The molecule has 3 heterocycles. The van der Waals surface area contributed by atoms with E-state index >= 15 is 0 Å². The first-order valence-electron chi connectivity index (χ1n) is 12.6. The molecule has 0 saturated carbocycles. The largest absolute Gasteiger partial charge is 0.507 e. The van der Waals surface area contributed by atoms with E-state index in [9.17, 15) is 14.7 Å². The first kappa shape index (κ1) is 26.3. The molecule has 0 aliphatic carbocycles. The van der Waals surface area contributed by atoms with Crippen LogP contribution in [0.4, 0.5) is 5.82 Å². The van der Waals surface area contributed by atoms with Gasteiger partial charge in [0.2, 0.25) is 5.91 Å². The number of para-hydroxylation sites is 1. The molecule has 0 radical (unpaired) electrons. The van der Waals surface area contributed by atoms with Gasteiger partial charge < -0.3 is 25.4 Å². The molecular weight excluding hydrogens is 472 g/mol. The Kier molecular flexibility index (Phi) is 8.86. The van der Waals surface area contributed by atoms with E-state index < -0.39 is 0 Å². The van der Waals surface area contributed by atoms with Gasteiger partial charge in [-0.25, -0.2) is 9.50 Å². The smallest absolute Gasteiger partial charge is 0.220 e. The molecule has 2 aromatic heterocycles. The Balaban J connectivity index is 1.39. The number of rotatable bonds is 11. The van der Waals surface area contributed by atoms with Gasteiger partial charge >= 0.3 is 0 Å². The summed E-state index contributed by atoms with van der Waals surface area (Å²) in [6.45, 7) is 8.09. The Morgan fingerprint density at radius 2 is 1.92 bits per heavy atom. The Morgan fingerprint density at radius 3 is 2.68 bits per heavy atom. The monoisotopic (exact) mass is 506 g/mol. The number of allylic oxidation sites excluding steroid dienone is 2. The molecule has 0 atom stereocenters. The maximum absolute atomic E-state index is 12.0. The lowest BCUT2D eigenvalue weighted by molar-refractivity contribution is -0.123. The summed E-state index contributed by atoms with van der Waals surface area (Å²) in [5.41, 5.74) is 3.42. The Morgan fingerprint density at radius 1 is 1.14 bits per heavy atom. The van der Waals surface area contributed by atoms with Crippen molar-refractivity contribution in [2.24, 2.45) is 0 Å². The van der Waals surface area contributed by atoms with E-state index in [-0.39, 0.29) is 30.3 Å². The highest BCUT2D eigenvalue weighted by Gasteiger charge is 2.20. The van der Waals surface area contributed by atoms with E-state index in [2.05, 4.69) is 26.7 Å². The van der Waals surface area contributed by atoms with Gasteiger partial charge in [0.15, 0.2) is 17.4 Å². The molecule has 0 spiro atoms. The number of nitrogens with one attached hydrogen (secondary N) is 2. The first-order valence-corrected chi connectivity index (χ1v) is 12.6. The normalized spacial score (nSPS) is 13.5. The second kappa shape index (κ2) is 12.5. The van der Waals surface area contributed by atoms with Gasteiger partial charge in [0.1, 0.15) is 11.3 Å². The first-order chi connectivity index (χ1) is 17.9. The molecule has 37 heavy (non-hydrogen) atoms. The van der Waals surface area contributed by atoms with E-state index in [1.54, 1.807) is 24.3 Å². The van der Waals surface area contributed by atoms with Gasteiger partial charge in [0.05, 0.1) is 18.8 Å². The minimum absolute atomic E-state index is 0.0285. The highest BCUT2D eigenvalue weighted by atomic mass is 16.5. The molecule has 3 N–H and O–H groups in total. The number of ketones is 1. The van der Waals surface area contributed by atoms with Crippen LogP contribution in [0.3, 0.4) is 0 Å². The van der Waals surface area contributed by atoms with Crippen LogP contribution < -0.4 is 15.5 Å². The molecule has 0 unspecified atom stereocenters. The highest BCUT2D eigenvalue weighted by Crippen LogP contribution is 2.30. The molecule has 4 rings (SSSR count). The maximum Gasteiger partial charge on any atom is 0.220 e. The van der Waals surface area contributed by atoms with Crippen molar-refractivity contribution in [3.8, 4) is 17.1 Å². The van der Waals surface area contributed by atoms with E-state index in [4.69, 9.17) is 9.72 Å². The fraction of sp³-hybridized carbons (Fsp3) is 0.407. The SMILES string of the molecule is CC(C)=CC(=O)CCC(=O)NCCNCc1cc2c(N3CCOCC3)nc(-c3ccccc3O)nn2c1. The number of hydrogen-bond donors (Lipinski definition) is 3. The van der Waals surface area contributed by atoms with E-state index in [1.165, 1.54) is 0 Å². The fourth-order valence-corrected chi connectivity index (χ4v) is 4.16. The van der Waals surface area contributed by atoms with E-state index in [0.29, 0.717) is 44.2 Å². The van der Waals surface area contributed by atoms with Crippen molar-refractivity contribution in [3.05, 3.63) is 53.7 Å². The number of carbonyl (C=O) groups excluding carboxylic acids is 2. The van der Waals surface area contributed by atoms with Crippen LogP contribution in [0.1, 0.15) is 32.3 Å². The summed E-state index contributed by atoms with van der Waals surface area (Å²) in [7, 11) is 0. The van der Waals surface area contributed by atoms with Crippen molar-refractivity contribution in [1.82, 2.24) is 25.2 Å². The molecule has 1 fully saturated rings. The molecule has 1 aromatic carbocycles. The molecule has 196 valence electrons. The van der Waals surface area contributed by atoms with Crippen LogP contribution in [0.25, 0.3) is 16.9 Å². The van der Waals surface area contributed by atoms with Crippen LogP contribution in [-0.2, 0) is 20.9 Å². The maximum atomic E-state index is 12.0. The number of aromatic hydroxyl groups is 1. The predicted octanol–water partition coefficient (Wildman–Crippen LogP) is 2.46. The lowest BCUT2D eigenvalue weighted by atomic mass is 10.1. The standard InChI is InChI=1S/C27H34N6O4/c1-19(2)15-21(34)7-8-25(36)29-10-9-28-17-20-16-23-27(32-11-13-37-14-12-32)30-26(31-33(23)18-20)22-5-3-4-6-24(22)35/h3-6,15-16,18,28,35H,7-14,17H2,1-2H3,(H,29,36). The summed E-state index contributed by atoms with van der Waals surface area (Å²) in [6, 6.07) is 9.10. The molecule has 0 bridgehead atoms. The summed E-state index contributed by atoms with van der Waals surface area (Å²) in [5.74, 6) is 1.23. The Bertz CT molecular complexity index is 1280. The van der Waals surface area contributed by atoms with E-state index in [0.717, 1.165) is 35.6 Å². The van der Waals surface area contributed by atoms with Crippen molar-refractivity contribution in [2.45, 2.75) is 33.2 Å². The summed E-state index contributed by atoms with van der Waals surface area (Å²) in [6.07, 6.45) is 3.93. The quantitative estimate of drug-likeness (QED) is 0.268. The molecule has 10 nitrogen and oxygen atoms in total. The number of carbonyl (C=O) groups is 2. The third kappa shape index (κ3) is 7.14. The van der Waals surface area contributed by atoms with Gasteiger partial charge in [-0.15, -0.1) is 5.10 Å². The molecular formula is C27H34N6O4. The van der Waals surface area contributed by atoms with Gasteiger partial charge in [-0.3, -0.25) is 9.59 Å². The van der Waals surface area contributed by atoms with Crippen LogP contribution in [0, 0.1) is 0 Å². The number of ether oxygens (including phenoxy) is 1. The van der Waals surface area contributed by atoms with Gasteiger partial charge in [-0.2, -0.15) is 0 Å². The van der Waals surface area contributed by atoms with Crippen LogP contribution in [-0.4, -0.2) is 70.8 Å². The summed E-state index contributed by atoms with van der Waals surface area (Å²) in [5, 5.41) is 21.2. The van der Waals surface area contributed by atoms with Crippen molar-refractivity contribution in [3.63, 3.8) is 0 Å². The number of aromatic nitrogens is 3. The zero-order valence-corrected chi connectivity index (χ0v) is 21.4. The third-order valence-corrected chi connectivity index (χ3v) is 5.96. The number of morpholine rings is 1. The number of phenolic OH excluding ortho intramolecular Hbond substituents is 1. The molecule has 1 aliphatic rings. The van der Waals surface area contributed by atoms with Crippen LogP contribution in [0.15, 0.2) is 48.2 Å². The molecule has 1 aliphatic heterocycles. The topological polar surface area (TPSA) is 121 Å². The van der Waals surface area contributed by atoms with Crippen molar-refractivity contribution in [1.29, 1.82) is 0 Å². The summed E-state index contributed by atoms with van der Waals surface area (Å²) < 4.78 is 7.32. The summed E-state index contributed by atoms with van der Waals surface area (Å²) >= 11 is 0. The second-order valence-electron chi connectivity index (χ2n) is 9.27. The average Bonchev–Trinajstić information content (AvgIpc) is 3.30. The van der Waals surface area contributed by atoms with Gasteiger partial charge in [0.25, 0.3) is 0 Å². The van der Waals surface area contributed by atoms with Gasteiger partial charge in [0, 0.05) is 51.8 Å². The number of anilines is 1. The minimum atomic E-state index is -0.131. The van der Waals surface area contributed by atoms with Crippen LogP contribution in [0.5, 0.6) is 5.75 Å². The number of nitrogens with zero attached hydrogens (tertiary/aromatic N) is 4. The molecule has 3 aromatic rings. The van der Waals surface area contributed by atoms with Gasteiger partial charge in [-0.05, 0) is 43.7 Å². The number of phenols is 1. The van der Waals surface area contributed by atoms with Crippen molar-refractivity contribution in [2.75, 3.05) is 44.3 Å². The average molecular weight is 507 g/mol. The Labute approximate surface area is 216 Å². The lowest BCUT2D eigenvalue weighted by Gasteiger charge is -2.28. The lowest BCUT2D eigenvalue weighted by Crippen LogP contribution is -2.37. The molecule has 10 heteroatoms. The number of amides is 1. The third-order valence-electron chi connectivity index (χ3n) is 5.96. The number of hydrogen-bond acceptors (Lipinski definition) is 8. The fourth-order valence-electron chi connectivity index (χ4n) is 4.16. The number of benzene rings is 1. The molecule has 1 saturated heterocycles. The zero-order valence-electron chi connectivity index (χ0n) is 21.4. The zero-order chi connectivity index (χ0) is 26.2. The van der Waals surface area contributed by atoms with Crippen LogP contribution in [0.2, 0.25) is 0 Å². The van der Waals surface area contributed by atoms with E-state index in [1.807, 2.05) is 30.6 Å². The minimum Gasteiger partial charge on any atom is -0.507 e. The van der Waals surface area contributed by atoms with Gasteiger partial charge in [-0.1, -0.05) is 17.7 Å². The molecule has 1 amide bonds. The Hall–Kier alpha value is -3.76. The van der Waals surface area contributed by atoms with Crippen LogP contribution >= 0.6 is 0 Å². The van der Waals surface area contributed by atoms with Crippen molar-refractivity contribution >= 4 is 23.0 Å². The number of fused-ring (bicyclic) bond motifs is 1. The van der Waals surface area contributed by atoms with Crippen molar-refractivity contribution < 1.29 is 19.4 Å².